The molecule has 0 saturated heterocycles. The van der Waals surface area contributed by atoms with E-state index in [4.69, 9.17) is 0 Å². The molecule has 0 saturated carbocycles. The number of aromatic nitrogens is 3. The summed E-state index contributed by atoms with van der Waals surface area (Å²) in [5.74, 6) is 0.991. The summed E-state index contributed by atoms with van der Waals surface area (Å²) in [4.78, 5) is 6.18. The van der Waals surface area contributed by atoms with Crippen molar-refractivity contribution in [1.29, 1.82) is 0 Å². The molecule has 0 aromatic carbocycles. The Morgan fingerprint density at radius 1 is 1.42 bits per heavy atom. The highest BCUT2D eigenvalue weighted by Crippen LogP contribution is 2.10. The van der Waals surface area contributed by atoms with Gasteiger partial charge in [-0.1, -0.05) is 0 Å². The Hall–Kier alpha value is -1.58. The van der Waals surface area contributed by atoms with Crippen molar-refractivity contribution in [3.05, 3.63) is 24.5 Å². The van der Waals surface area contributed by atoms with Crippen LogP contribution in [0.4, 0.5) is 5.82 Å². The molecule has 2 heterocycles. The van der Waals surface area contributed by atoms with Gasteiger partial charge in [0.1, 0.15) is 0 Å². The number of imidazole rings is 1. The van der Waals surface area contributed by atoms with Crippen molar-refractivity contribution < 1.29 is 0 Å². The first kappa shape index (κ1) is 7.09. The van der Waals surface area contributed by atoms with Gasteiger partial charge < -0.3 is 4.90 Å². The number of hydrogen-bond acceptors (Lipinski definition) is 3. The van der Waals surface area contributed by atoms with Crippen molar-refractivity contribution in [1.82, 2.24) is 14.6 Å². The van der Waals surface area contributed by atoms with Crippen molar-refractivity contribution in [2.75, 3.05) is 19.0 Å². The molecule has 4 nitrogen and oxygen atoms in total. The van der Waals surface area contributed by atoms with Crippen LogP contribution in [-0.2, 0) is 0 Å². The van der Waals surface area contributed by atoms with Crippen molar-refractivity contribution in [3.63, 3.8) is 0 Å². The van der Waals surface area contributed by atoms with Crippen LogP contribution in [0.3, 0.4) is 0 Å². The van der Waals surface area contributed by atoms with Crippen LogP contribution in [0.15, 0.2) is 24.5 Å². The lowest BCUT2D eigenvalue weighted by molar-refractivity contribution is 0.900. The van der Waals surface area contributed by atoms with Gasteiger partial charge in [0.25, 0.3) is 0 Å². The fourth-order valence-electron chi connectivity index (χ4n) is 1.12. The second-order valence-electron chi connectivity index (χ2n) is 2.80. The molecule has 0 aliphatic rings. The zero-order chi connectivity index (χ0) is 8.55. The number of rotatable bonds is 1. The summed E-state index contributed by atoms with van der Waals surface area (Å²) < 4.78 is 1.81. The first-order valence-corrected chi connectivity index (χ1v) is 3.75. The summed E-state index contributed by atoms with van der Waals surface area (Å²) in [6.45, 7) is 0. The van der Waals surface area contributed by atoms with Gasteiger partial charge in [0, 0.05) is 20.3 Å². The van der Waals surface area contributed by atoms with Crippen LogP contribution in [0.25, 0.3) is 5.65 Å². The monoisotopic (exact) mass is 162 g/mol. The van der Waals surface area contributed by atoms with Crippen LogP contribution >= 0.6 is 0 Å². The Kier molecular flexibility index (Phi) is 1.46. The average molecular weight is 162 g/mol. The second kappa shape index (κ2) is 2.48. The van der Waals surface area contributed by atoms with E-state index in [2.05, 4.69) is 10.1 Å². The molecular formula is C8H10N4. The van der Waals surface area contributed by atoms with Crippen LogP contribution in [0.5, 0.6) is 0 Å². The molecule has 2 rings (SSSR count). The third kappa shape index (κ3) is 0.922. The van der Waals surface area contributed by atoms with E-state index in [0.717, 1.165) is 11.5 Å². The van der Waals surface area contributed by atoms with Crippen molar-refractivity contribution >= 4 is 11.5 Å². The van der Waals surface area contributed by atoms with Crippen LogP contribution < -0.4 is 4.90 Å². The molecule has 0 aliphatic heterocycles. The van der Waals surface area contributed by atoms with Gasteiger partial charge in [-0.05, 0) is 12.1 Å². The lowest BCUT2D eigenvalue weighted by atomic mass is 10.6. The molecule has 12 heavy (non-hydrogen) atoms. The largest absolute Gasteiger partial charge is 0.361 e. The van der Waals surface area contributed by atoms with Crippen LogP contribution in [0.1, 0.15) is 0 Å². The maximum absolute atomic E-state index is 4.20. The first-order chi connectivity index (χ1) is 5.79. The molecule has 0 unspecified atom stereocenters. The van der Waals surface area contributed by atoms with E-state index in [0.29, 0.717) is 0 Å². The van der Waals surface area contributed by atoms with E-state index < -0.39 is 0 Å². The van der Waals surface area contributed by atoms with Gasteiger partial charge in [-0.15, -0.1) is 0 Å². The highest BCUT2D eigenvalue weighted by atomic mass is 15.3. The summed E-state index contributed by atoms with van der Waals surface area (Å²) in [6.07, 6.45) is 3.56. The topological polar surface area (TPSA) is 33.4 Å². The normalized spacial score (nSPS) is 10.5. The van der Waals surface area contributed by atoms with Crippen LogP contribution in [0, 0.1) is 0 Å². The summed E-state index contributed by atoms with van der Waals surface area (Å²) in [5, 5.41) is 4.17. The lowest BCUT2D eigenvalue weighted by Crippen LogP contribution is -2.11. The molecule has 0 amide bonds. The second-order valence-corrected chi connectivity index (χ2v) is 2.80. The van der Waals surface area contributed by atoms with E-state index >= 15 is 0 Å². The van der Waals surface area contributed by atoms with Gasteiger partial charge in [-0.25, -0.2) is 4.98 Å². The first-order valence-electron chi connectivity index (χ1n) is 3.75. The molecule has 0 N–H and O–H groups in total. The Labute approximate surface area is 70.4 Å². The fourth-order valence-corrected chi connectivity index (χ4v) is 1.12. The van der Waals surface area contributed by atoms with Crippen molar-refractivity contribution in [3.8, 4) is 0 Å². The standard InChI is InChI=1S/C8H10N4/c1-11(2)8-6-9-7-4-3-5-10-12(7)8/h3-6H,1-2H3. The van der Waals surface area contributed by atoms with E-state index in [-0.39, 0.29) is 0 Å². The molecule has 0 bridgehead atoms. The highest BCUT2D eigenvalue weighted by Gasteiger charge is 2.03. The number of hydrogen-bond donors (Lipinski definition) is 0. The molecule has 0 fully saturated rings. The zero-order valence-corrected chi connectivity index (χ0v) is 7.10. The quantitative estimate of drug-likeness (QED) is 0.621. The smallest absolute Gasteiger partial charge is 0.155 e. The zero-order valence-electron chi connectivity index (χ0n) is 7.10. The van der Waals surface area contributed by atoms with Gasteiger partial charge >= 0.3 is 0 Å². The van der Waals surface area contributed by atoms with E-state index in [1.807, 2.05) is 37.3 Å². The summed E-state index contributed by atoms with van der Waals surface area (Å²) in [5.41, 5.74) is 0.876. The van der Waals surface area contributed by atoms with E-state index in [9.17, 15) is 0 Å². The van der Waals surface area contributed by atoms with E-state index in [1.165, 1.54) is 0 Å². The Morgan fingerprint density at radius 3 is 3.00 bits per heavy atom. The van der Waals surface area contributed by atoms with Gasteiger partial charge in [0.2, 0.25) is 0 Å². The van der Waals surface area contributed by atoms with Crippen LogP contribution in [-0.4, -0.2) is 28.7 Å². The minimum Gasteiger partial charge on any atom is -0.361 e. The fraction of sp³-hybridized carbons (Fsp3) is 0.250. The molecule has 0 atom stereocenters. The lowest BCUT2D eigenvalue weighted by Gasteiger charge is -2.09. The minimum atomic E-state index is 0.876. The Morgan fingerprint density at radius 2 is 2.25 bits per heavy atom. The van der Waals surface area contributed by atoms with Crippen molar-refractivity contribution in [2.24, 2.45) is 0 Å². The summed E-state index contributed by atoms with van der Waals surface area (Å²) in [7, 11) is 3.94. The molecule has 4 heteroatoms. The summed E-state index contributed by atoms with van der Waals surface area (Å²) in [6, 6.07) is 3.81. The minimum absolute atomic E-state index is 0.876. The van der Waals surface area contributed by atoms with Gasteiger partial charge in [0.05, 0.1) is 6.20 Å². The molecule has 2 aromatic rings. The third-order valence-corrected chi connectivity index (χ3v) is 1.72. The van der Waals surface area contributed by atoms with E-state index in [1.54, 1.807) is 10.7 Å². The molecule has 2 aromatic heterocycles. The number of nitrogens with zero attached hydrogens (tertiary/aromatic N) is 4. The molecular weight excluding hydrogens is 152 g/mol. The molecule has 62 valence electrons. The average Bonchev–Trinajstić information content (AvgIpc) is 2.47. The SMILES string of the molecule is CN(C)c1cnc2cccnn12. The molecule has 0 spiro atoms. The maximum Gasteiger partial charge on any atom is 0.155 e. The van der Waals surface area contributed by atoms with Crippen LogP contribution in [0.2, 0.25) is 0 Å². The Bertz CT molecular complexity index is 391. The predicted molar refractivity (Wildman–Crippen MR) is 47.3 cm³/mol. The van der Waals surface area contributed by atoms with Gasteiger partial charge in [-0.2, -0.15) is 9.61 Å². The van der Waals surface area contributed by atoms with Gasteiger partial charge in [-0.3, -0.25) is 0 Å². The Balaban J connectivity index is 2.70. The highest BCUT2D eigenvalue weighted by molar-refractivity contribution is 5.48. The summed E-state index contributed by atoms with van der Waals surface area (Å²) >= 11 is 0. The molecule has 0 radical (unpaired) electrons. The van der Waals surface area contributed by atoms with Gasteiger partial charge in [0.15, 0.2) is 11.5 Å². The molecule has 0 aliphatic carbocycles. The maximum atomic E-state index is 4.20. The number of anilines is 1. The third-order valence-electron chi connectivity index (χ3n) is 1.72. The number of fused-ring (bicyclic) bond motifs is 1. The van der Waals surface area contributed by atoms with Crippen molar-refractivity contribution in [2.45, 2.75) is 0 Å². The predicted octanol–water partition coefficient (Wildman–Crippen LogP) is 0.795.